The van der Waals surface area contributed by atoms with Crippen LogP contribution < -0.4 is 0 Å². The number of hydrogen-bond acceptors (Lipinski definition) is 4. The molecular weight excluding hydrogens is 242 g/mol. The van der Waals surface area contributed by atoms with Crippen molar-refractivity contribution in [3.63, 3.8) is 0 Å². The first-order chi connectivity index (χ1) is 6.85. The minimum Gasteiger partial charge on any atom is -0.263 e. The molecule has 0 amide bonds. The topological polar surface area (TPSA) is 77.3 Å². The van der Waals surface area contributed by atoms with Crippen LogP contribution in [-0.4, -0.2) is 18.7 Å². The number of nitro groups is 1. The van der Waals surface area contributed by atoms with Crippen LogP contribution in [0.5, 0.6) is 0 Å². The zero-order chi connectivity index (χ0) is 11.6. The molecule has 0 saturated carbocycles. The molecule has 0 heterocycles. The van der Waals surface area contributed by atoms with Crippen molar-refractivity contribution in [1.82, 2.24) is 0 Å². The fraction of sp³-hybridized carbons (Fsp3) is 0.250. The summed E-state index contributed by atoms with van der Waals surface area (Å²) >= 11 is 5.58. The normalized spacial score (nSPS) is 13.5. The van der Waals surface area contributed by atoms with Crippen molar-refractivity contribution < 1.29 is 13.3 Å². The maximum Gasteiger partial charge on any atom is 0.311 e. The smallest absolute Gasteiger partial charge is 0.263 e. The average Bonchev–Trinajstić information content (AvgIpc) is 2.17. The average molecular weight is 250 g/mol. The first-order valence-electron chi connectivity index (χ1n) is 3.98. The van der Waals surface area contributed by atoms with Gasteiger partial charge in [0.05, 0.1) is 4.90 Å². The Morgan fingerprint density at radius 3 is 2.20 bits per heavy atom. The SMILES string of the molecule is C[C@H]([N+](=O)[O-])S(=O)(=O)c1ccc(Cl)cc1. The summed E-state index contributed by atoms with van der Waals surface area (Å²) in [6.07, 6.45) is 0. The number of rotatable bonds is 3. The summed E-state index contributed by atoms with van der Waals surface area (Å²) < 4.78 is 23.2. The van der Waals surface area contributed by atoms with Crippen LogP contribution in [0.25, 0.3) is 0 Å². The van der Waals surface area contributed by atoms with Crippen LogP contribution in [0.2, 0.25) is 5.02 Å². The van der Waals surface area contributed by atoms with Crippen LogP contribution in [0.3, 0.4) is 0 Å². The van der Waals surface area contributed by atoms with E-state index in [1.165, 1.54) is 24.3 Å². The standard InChI is InChI=1S/C8H8ClNO4S/c1-6(10(11)12)15(13,14)8-4-2-7(9)3-5-8/h2-6H,1H3/t6-/m1/s1. The summed E-state index contributed by atoms with van der Waals surface area (Å²) in [7, 11) is -3.91. The largest absolute Gasteiger partial charge is 0.311 e. The van der Waals surface area contributed by atoms with Gasteiger partial charge in [-0.1, -0.05) is 11.6 Å². The highest BCUT2D eigenvalue weighted by atomic mass is 35.5. The van der Waals surface area contributed by atoms with Crippen LogP contribution in [0.4, 0.5) is 0 Å². The van der Waals surface area contributed by atoms with Gasteiger partial charge in [-0.25, -0.2) is 8.42 Å². The maximum absolute atomic E-state index is 11.6. The number of nitrogens with zero attached hydrogens (tertiary/aromatic N) is 1. The van der Waals surface area contributed by atoms with Gasteiger partial charge in [-0.3, -0.25) is 10.1 Å². The third-order valence-electron chi connectivity index (χ3n) is 1.89. The number of hydrogen-bond donors (Lipinski definition) is 0. The van der Waals surface area contributed by atoms with Crippen LogP contribution in [0, 0.1) is 10.1 Å². The van der Waals surface area contributed by atoms with Gasteiger partial charge in [-0.2, -0.15) is 0 Å². The van der Waals surface area contributed by atoms with Crippen LogP contribution in [0.1, 0.15) is 6.92 Å². The van der Waals surface area contributed by atoms with E-state index in [0.29, 0.717) is 5.02 Å². The lowest BCUT2D eigenvalue weighted by atomic mass is 10.4. The lowest BCUT2D eigenvalue weighted by Gasteiger charge is -2.05. The highest BCUT2D eigenvalue weighted by Gasteiger charge is 2.32. The van der Waals surface area contributed by atoms with Crippen molar-refractivity contribution in [2.75, 3.05) is 0 Å². The molecule has 1 atom stereocenters. The predicted molar refractivity (Wildman–Crippen MR) is 55.1 cm³/mol. The van der Waals surface area contributed by atoms with Gasteiger partial charge in [0.1, 0.15) is 0 Å². The second kappa shape index (κ2) is 4.16. The Morgan fingerprint density at radius 2 is 1.80 bits per heavy atom. The van der Waals surface area contributed by atoms with Crippen molar-refractivity contribution >= 4 is 21.4 Å². The lowest BCUT2D eigenvalue weighted by Crippen LogP contribution is -2.26. The molecule has 0 saturated heterocycles. The molecule has 0 unspecified atom stereocenters. The first kappa shape index (κ1) is 11.9. The Kier molecular flexibility index (Phi) is 3.31. The molecule has 0 bridgehead atoms. The summed E-state index contributed by atoms with van der Waals surface area (Å²) in [6.45, 7) is 1.03. The summed E-state index contributed by atoms with van der Waals surface area (Å²) in [6, 6.07) is 5.25. The third-order valence-corrected chi connectivity index (χ3v) is 4.14. The Balaban J connectivity index is 3.17. The minimum atomic E-state index is -3.91. The summed E-state index contributed by atoms with van der Waals surface area (Å²) in [5.74, 6) is 0. The van der Waals surface area contributed by atoms with Gasteiger partial charge >= 0.3 is 5.37 Å². The van der Waals surface area contributed by atoms with E-state index in [1.807, 2.05) is 0 Å². The summed E-state index contributed by atoms with van der Waals surface area (Å²) in [4.78, 5) is 9.44. The van der Waals surface area contributed by atoms with E-state index in [0.717, 1.165) is 6.92 Å². The van der Waals surface area contributed by atoms with Gasteiger partial charge in [-0.15, -0.1) is 0 Å². The molecular formula is C8H8ClNO4S. The summed E-state index contributed by atoms with van der Waals surface area (Å²) in [5.41, 5.74) is 0. The van der Waals surface area contributed by atoms with Crippen molar-refractivity contribution in [1.29, 1.82) is 0 Å². The Morgan fingerprint density at radius 1 is 1.33 bits per heavy atom. The van der Waals surface area contributed by atoms with Crippen LogP contribution >= 0.6 is 11.6 Å². The van der Waals surface area contributed by atoms with E-state index in [2.05, 4.69) is 0 Å². The Hall–Kier alpha value is -1.14. The van der Waals surface area contributed by atoms with Crippen LogP contribution in [0.15, 0.2) is 29.2 Å². The Labute approximate surface area is 91.7 Å². The van der Waals surface area contributed by atoms with Crippen molar-refractivity contribution in [2.45, 2.75) is 17.2 Å². The van der Waals surface area contributed by atoms with Gasteiger partial charge in [-0.05, 0) is 24.3 Å². The van der Waals surface area contributed by atoms with Gasteiger partial charge in [0.25, 0.3) is 0 Å². The zero-order valence-electron chi connectivity index (χ0n) is 7.75. The van der Waals surface area contributed by atoms with Crippen molar-refractivity contribution in [3.8, 4) is 0 Å². The number of halogens is 1. The molecule has 0 aliphatic carbocycles. The lowest BCUT2D eigenvalue weighted by molar-refractivity contribution is -0.493. The highest BCUT2D eigenvalue weighted by Crippen LogP contribution is 2.18. The molecule has 1 aromatic rings. The minimum absolute atomic E-state index is 0.101. The molecule has 0 aromatic heterocycles. The van der Waals surface area contributed by atoms with Crippen molar-refractivity contribution in [3.05, 3.63) is 39.4 Å². The third kappa shape index (κ3) is 2.45. The molecule has 5 nitrogen and oxygen atoms in total. The van der Waals surface area contributed by atoms with E-state index < -0.39 is 20.1 Å². The monoisotopic (exact) mass is 249 g/mol. The molecule has 15 heavy (non-hydrogen) atoms. The van der Waals surface area contributed by atoms with E-state index >= 15 is 0 Å². The molecule has 0 spiro atoms. The highest BCUT2D eigenvalue weighted by molar-refractivity contribution is 7.91. The van der Waals surface area contributed by atoms with Gasteiger partial charge < -0.3 is 0 Å². The van der Waals surface area contributed by atoms with Gasteiger partial charge in [0.2, 0.25) is 9.84 Å². The van der Waals surface area contributed by atoms with Gasteiger partial charge in [0, 0.05) is 16.9 Å². The molecule has 0 aliphatic rings. The maximum atomic E-state index is 11.6. The van der Waals surface area contributed by atoms with E-state index in [9.17, 15) is 18.5 Å². The van der Waals surface area contributed by atoms with E-state index in [4.69, 9.17) is 11.6 Å². The predicted octanol–water partition coefficient (Wildman–Crippen LogP) is 1.74. The second-order valence-electron chi connectivity index (χ2n) is 2.88. The number of benzene rings is 1. The molecule has 7 heteroatoms. The number of sulfone groups is 1. The van der Waals surface area contributed by atoms with E-state index in [1.54, 1.807) is 0 Å². The summed E-state index contributed by atoms with van der Waals surface area (Å²) in [5, 5.41) is 9.11. The molecule has 1 rings (SSSR count). The molecule has 0 fully saturated rings. The molecule has 82 valence electrons. The van der Waals surface area contributed by atoms with Crippen LogP contribution in [-0.2, 0) is 9.84 Å². The Bertz CT molecular complexity index is 468. The molecule has 0 aliphatic heterocycles. The van der Waals surface area contributed by atoms with E-state index in [-0.39, 0.29) is 4.90 Å². The molecule has 0 radical (unpaired) electrons. The first-order valence-corrected chi connectivity index (χ1v) is 5.91. The van der Waals surface area contributed by atoms with Crippen molar-refractivity contribution in [2.24, 2.45) is 0 Å². The molecule has 0 N–H and O–H groups in total. The second-order valence-corrected chi connectivity index (χ2v) is 5.56. The fourth-order valence-corrected chi connectivity index (χ4v) is 2.20. The zero-order valence-corrected chi connectivity index (χ0v) is 9.33. The molecule has 1 aromatic carbocycles. The van der Waals surface area contributed by atoms with Gasteiger partial charge in [0.15, 0.2) is 0 Å². The fourth-order valence-electron chi connectivity index (χ4n) is 0.935. The quantitative estimate of drug-likeness (QED) is 0.604.